The maximum atomic E-state index is 10.4. The van der Waals surface area contributed by atoms with Crippen LogP contribution in [0.2, 0.25) is 0 Å². The number of rotatable bonds is 4. The first-order valence-electron chi connectivity index (χ1n) is 4.30. The molecule has 0 radical (unpaired) electrons. The Morgan fingerprint density at radius 1 is 1.13 bits per heavy atom. The van der Waals surface area contributed by atoms with Gasteiger partial charge in [0.25, 0.3) is 0 Å². The van der Waals surface area contributed by atoms with Gasteiger partial charge >= 0.3 is 11.9 Å². The zero-order chi connectivity index (χ0) is 11.4. The van der Waals surface area contributed by atoms with E-state index in [1.807, 2.05) is 0 Å². The van der Waals surface area contributed by atoms with E-state index >= 15 is 0 Å². The number of hydrogen-bond acceptors (Lipinski definition) is 3. The quantitative estimate of drug-likeness (QED) is 0.628. The van der Waals surface area contributed by atoms with Gasteiger partial charge in [-0.15, -0.1) is 0 Å². The Bertz CT molecular complexity index is 400. The van der Waals surface area contributed by atoms with Gasteiger partial charge in [-0.2, -0.15) is 0 Å². The van der Waals surface area contributed by atoms with E-state index in [1.54, 1.807) is 12.1 Å². The van der Waals surface area contributed by atoms with Crippen LogP contribution in [-0.2, 0) is 22.4 Å². The molecule has 0 bridgehead atoms. The molecule has 0 saturated carbocycles. The van der Waals surface area contributed by atoms with E-state index in [2.05, 4.69) is 0 Å². The number of hydrogen-bond donors (Lipinski definition) is 3. The lowest BCUT2D eigenvalue weighted by Gasteiger charge is -2.04. The van der Waals surface area contributed by atoms with E-state index in [0.29, 0.717) is 16.8 Å². The van der Waals surface area contributed by atoms with Gasteiger partial charge in [0.05, 0.1) is 12.8 Å². The lowest BCUT2D eigenvalue weighted by molar-refractivity contribution is -0.137. The van der Waals surface area contributed by atoms with Crippen LogP contribution in [0.1, 0.15) is 11.1 Å². The fourth-order valence-electron chi connectivity index (χ4n) is 1.25. The van der Waals surface area contributed by atoms with E-state index in [1.165, 1.54) is 6.07 Å². The summed E-state index contributed by atoms with van der Waals surface area (Å²) < 4.78 is 0. The maximum Gasteiger partial charge on any atom is 0.307 e. The highest BCUT2D eigenvalue weighted by molar-refractivity contribution is 5.74. The SMILES string of the molecule is Nc1cc(CC(=O)O)ccc1CC(=O)O. The highest BCUT2D eigenvalue weighted by Crippen LogP contribution is 2.15. The Labute approximate surface area is 86.1 Å². The van der Waals surface area contributed by atoms with Crippen molar-refractivity contribution < 1.29 is 19.8 Å². The lowest BCUT2D eigenvalue weighted by atomic mass is 10.0. The number of carboxylic acid groups (broad SMARTS) is 2. The molecule has 4 N–H and O–H groups in total. The van der Waals surface area contributed by atoms with Crippen LogP contribution in [0.5, 0.6) is 0 Å². The van der Waals surface area contributed by atoms with Crippen molar-refractivity contribution in [1.82, 2.24) is 0 Å². The molecular weight excluding hydrogens is 198 g/mol. The molecule has 1 aromatic rings. The third-order valence-electron chi connectivity index (χ3n) is 1.91. The number of nitrogen functional groups attached to an aromatic ring is 1. The molecular formula is C10H11NO4. The van der Waals surface area contributed by atoms with Gasteiger partial charge in [-0.25, -0.2) is 0 Å². The minimum Gasteiger partial charge on any atom is -0.481 e. The molecule has 0 aliphatic rings. The van der Waals surface area contributed by atoms with Gasteiger partial charge in [0.1, 0.15) is 0 Å². The van der Waals surface area contributed by atoms with Crippen LogP contribution in [0.4, 0.5) is 5.69 Å². The number of nitrogens with two attached hydrogens (primary N) is 1. The Kier molecular flexibility index (Phi) is 3.28. The molecule has 0 spiro atoms. The second-order valence-corrected chi connectivity index (χ2v) is 3.17. The summed E-state index contributed by atoms with van der Waals surface area (Å²) in [5.41, 5.74) is 6.97. The van der Waals surface area contributed by atoms with Gasteiger partial charge in [-0.05, 0) is 17.2 Å². The largest absolute Gasteiger partial charge is 0.481 e. The van der Waals surface area contributed by atoms with E-state index in [0.717, 1.165) is 0 Å². The van der Waals surface area contributed by atoms with Gasteiger partial charge in [0.2, 0.25) is 0 Å². The van der Waals surface area contributed by atoms with Crippen LogP contribution in [0.15, 0.2) is 18.2 Å². The zero-order valence-electron chi connectivity index (χ0n) is 7.93. The number of aliphatic carboxylic acids is 2. The second-order valence-electron chi connectivity index (χ2n) is 3.17. The second kappa shape index (κ2) is 4.45. The first-order valence-corrected chi connectivity index (χ1v) is 4.30. The molecule has 0 amide bonds. The van der Waals surface area contributed by atoms with Crippen LogP contribution >= 0.6 is 0 Å². The van der Waals surface area contributed by atoms with Gasteiger partial charge < -0.3 is 15.9 Å². The smallest absolute Gasteiger partial charge is 0.307 e. The molecule has 0 saturated heterocycles. The third kappa shape index (κ3) is 3.30. The van der Waals surface area contributed by atoms with Crippen molar-refractivity contribution in [3.8, 4) is 0 Å². The van der Waals surface area contributed by atoms with Gasteiger partial charge in [0, 0.05) is 5.69 Å². The van der Waals surface area contributed by atoms with Gasteiger partial charge in [0.15, 0.2) is 0 Å². The minimum absolute atomic E-state index is 0.114. The van der Waals surface area contributed by atoms with Crippen molar-refractivity contribution in [3.63, 3.8) is 0 Å². The minimum atomic E-state index is -0.965. The van der Waals surface area contributed by atoms with Crippen LogP contribution < -0.4 is 5.73 Å². The summed E-state index contributed by atoms with van der Waals surface area (Å²) in [5.74, 6) is -1.91. The molecule has 0 aromatic heterocycles. The standard InChI is InChI=1S/C10H11NO4/c11-8-3-6(4-9(12)13)1-2-7(8)5-10(14)15/h1-3H,4-5,11H2,(H,12,13)(H,14,15). The molecule has 80 valence electrons. The van der Waals surface area contributed by atoms with Crippen molar-refractivity contribution in [1.29, 1.82) is 0 Å². The highest BCUT2D eigenvalue weighted by atomic mass is 16.4. The number of anilines is 1. The first kappa shape index (κ1) is 11.0. The summed E-state index contributed by atoms with van der Waals surface area (Å²) in [7, 11) is 0. The van der Waals surface area contributed by atoms with Crippen LogP contribution in [0, 0.1) is 0 Å². The first-order chi connectivity index (χ1) is 6.99. The van der Waals surface area contributed by atoms with E-state index in [-0.39, 0.29) is 12.8 Å². The molecule has 5 heteroatoms. The Balaban J connectivity index is 2.87. The molecule has 1 aromatic carbocycles. The molecule has 0 aliphatic heterocycles. The summed E-state index contributed by atoms with van der Waals surface area (Å²) >= 11 is 0. The van der Waals surface area contributed by atoms with E-state index in [9.17, 15) is 9.59 Å². The average Bonchev–Trinajstić information content (AvgIpc) is 2.08. The average molecular weight is 209 g/mol. The van der Waals surface area contributed by atoms with E-state index < -0.39 is 11.9 Å². The molecule has 0 heterocycles. The Morgan fingerprint density at radius 2 is 1.73 bits per heavy atom. The lowest BCUT2D eigenvalue weighted by Crippen LogP contribution is -2.05. The number of carbonyl (C=O) groups is 2. The van der Waals surface area contributed by atoms with Crippen LogP contribution in [-0.4, -0.2) is 22.2 Å². The fraction of sp³-hybridized carbons (Fsp3) is 0.200. The predicted octanol–water partition coefficient (Wildman–Crippen LogP) is 0.523. The van der Waals surface area contributed by atoms with Crippen molar-refractivity contribution in [2.75, 3.05) is 5.73 Å². The molecule has 0 aliphatic carbocycles. The topological polar surface area (TPSA) is 101 Å². The maximum absolute atomic E-state index is 10.4. The summed E-state index contributed by atoms with van der Waals surface area (Å²) in [5, 5.41) is 17.1. The summed E-state index contributed by atoms with van der Waals surface area (Å²) in [6.45, 7) is 0. The number of carboxylic acids is 2. The molecule has 0 fully saturated rings. The predicted molar refractivity (Wildman–Crippen MR) is 53.5 cm³/mol. The van der Waals surface area contributed by atoms with Gasteiger partial charge in [-0.1, -0.05) is 12.1 Å². The Hall–Kier alpha value is -2.04. The van der Waals surface area contributed by atoms with Crippen molar-refractivity contribution >= 4 is 17.6 Å². The van der Waals surface area contributed by atoms with Crippen molar-refractivity contribution in [3.05, 3.63) is 29.3 Å². The molecule has 15 heavy (non-hydrogen) atoms. The fourth-order valence-corrected chi connectivity index (χ4v) is 1.25. The monoisotopic (exact) mass is 209 g/mol. The third-order valence-corrected chi connectivity index (χ3v) is 1.91. The zero-order valence-corrected chi connectivity index (χ0v) is 7.93. The highest BCUT2D eigenvalue weighted by Gasteiger charge is 2.07. The normalized spacial score (nSPS) is 9.87. The van der Waals surface area contributed by atoms with E-state index in [4.69, 9.17) is 15.9 Å². The summed E-state index contributed by atoms with van der Waals surface area (Å²) in [4.78, 5) is 20.8. The molecule has 0 atom stereocenters. The summed E-state index contributed by atoms with van der Waals surface area (Å²) in [6.07, 6.45) is -0.267. The Morgan fingerprint density at radius 3 is 2.20 bits per heavy atom. The molecule has 1 rings (SSSR count). The molecule has 5 nitrogen and oxygen atoms in total. The van der Waals surface area contributed by atoms with Gasteiger partial charge in [-0.3, -0.25) is 9.59 Å². The van der Waals surface area contributed by atoms with Crippen LogP contribution in [0.3, 0.4) is 0 Å². The van der Waals surface area contributed by atoms with Crippen molar-refractivity contribution in [2.45, 2.75) is 12.8 Å². The molecule has 0 unspecified atom stereocenters. The summed E-state index contributed by atoms with van der Waals surface area (Å²) in [6, 6.07) is 4.61. The van der Waals surface area contributed by atoms with Crippen LogP contribution in [0.25, 0.3) is 0 Å². The van der Waals surface area contributed by atoms with Crippen molar-refractivity contribution in [2.24, 2.45) is 0 Å². The number of benzene rings is 1.